The minimum atomic E-state index is 0.413. The predicted octanol–water partition coefficient (Wildman–Crippen LogP) is 3.83. The third-order valence-corrected chi connectivity index (χ3v) is 6.07. The zero-order chi connectivity index (χ0) is 15.0. The molecule has 1 saturated carbocycles. The number of anilines is 1. The number of aromatic nitrogens is 1. The molecule has 0 spiro atoms. The normalized spacial score (nSPS) is 23.0. The maximum absolute atomic E-state index is 4.93. The van der Waals surface area contributed by atoms with Crippen molar-refractivity contribution >= 4 is 16.5 Å². The summed E-state index contributed by atoms with van der Waals surface area (Å²) in [4.78, 5) is 8.90. The lowest BCUT2D eigenvalue weighted by atomic mass is 9.80. The summed E-state index contributed by atoms with van der Waals surface area (Å²) in [6.07, 6.45) is 5.06. The van der Waals surface area contributed by atoms with Gasteiger partial charge in [0.05, 0.1) is 5.69 Å². The molecule has 0 aromatic carbocycles. The average molecular weight is 308 g/mol. The minimum Gasteiger partial charge on any atom is -0.348 e. The molecule has 0 radical (unpaired) electrons. The summed E-state index contributed by atoms with van der Waals surface area (Å²) in [5.74, 6) is 0.791. The Hall–Kier alpha value is -0.610. The molecule has 1 aromatic rings. The molecule has 2 aliphatic rings. The number of thiazole rings is 1. The van der Waals surface area contributed by atoms with Gasteiger partial charge in [0, 0.05) is 30.6 Å². The maximum atomic E-state index is 4.93. The van der Waals surface area contributed by atoms with E-state index in [-0.39, 0.29) is 0 Å². The lowest BCUT2D eigenvalue weighted by molar-refractivity contribution is 0.263. The molecule has 0 amide bonds. The Balaban J connectivity index is 1.67. The summed E-state index contributed by atoms with van der Waals surface area (Å²) in [5, 5.41) is 4.89. The highest BCUT2D eigenvalue weighted by Crippen LogP contribution is 2.37. The lowest BCUT2D eigenvalue weighted by Gasteiger charge is -2.26. The van der Waals surface area contributed by atoms with E-state index >= 15 is 0 Å². The van der Waals surface area contributed by atoms with Crippen LogP contribution in [0.25, 0.3) is 0 Å². The van der Waals surface area contributed by atoms with Crippen molar-refractivity contribution in [2.45, 2.75) is 66.0 Å². The smallest absolute Gasteiger partial charge is 0.185 e. The van der Waals surface area contributed by atoms with E-state index in [2.05, 4.69) is 37.9 Å². The van der Waals surface area contributed by atoms with Crippen LogP contribution in [-0.4, -0.2) is 24.1 Å². The number of nitrogens with zero attached hydrogens (tertiary/aromatic N) is 2. The fraction of sp³-hybridized carbons (Fsp3) is 0.824. The summed E-state index contributed by atoms with van der Waals surface area (Å²) >= 11 is 1.92. The van der Waals surface area contributed by atoms with Gasteiger partial charge in [0.15, 0.2) is 5.13 Å². The van der Waals surface area contributed by atoms with Crippen LogP contribution in [0.1, 0.15) is 57.5 Å². The van der Waals surface area contributed by atoms with E-state index in [1.165, 1.54) is 48.1 Å². The van der Waals surface area contributed by atoms with Crippen LogP contribution < -0.4 is 10.2 Å². The van der Waals surface area contributed by atoms with E-state index in [0.29, 0.717) is 5.41 Å². The first-order valence-electron chi connectivity index (χ1n) is 8.44. The molecular weight excluding hydrogens is 278 g/mol. The lowest BCUT2D eigenvalue weighted by Crippen LogP contribution is -2.25. The predicted molar refractivity (Wildman–Crippen MR) is 91.1 cm³/mol. The molecular formula is C17H29N3S. The highest BCUT2D eigenvalue weighted by Gasteiger charge is 2.33. The Labute approximate surface area is 133 Å². The van der Waals surface area contributed by atoms with Crippen molar-refractivity contribution in [3.8, 4) is 0 Å². The van der Waals surface area contributed by atoms with Crippen molar-refractivity contribution < 1.29 is 0 Å². The van der Waals surface area contributed by atoms with E-state index in [9.17, 15) is 0 Å². The molecule has 0 bridgehead atoms. The van der Waals surface area contributed by atoms with Gasteiger partial charge in [-0.1, -0.05) is 27.7 Å². The Kier molecular flexibility index (Phi) is 4.28. The van der Waals surface area contributed by atoms with Gasteiger partial charge in [-0.3, -0.25) is 0 Å². The first kappa shape index (κ1) is 15.3. The Morgan fingerprint density at radius 1 is 1.29 bits per heavy atom. The van der Waals surface area contributed by atoms with Gasteiger partial charge in [0.2, 0.25) is 0 Å². The van der Waals surface area contributed by atoms with Crippen LogP contribution in [0.4, 0.5) is 5.13 Å². The van der Waals surface area contributed by atoms with Gasteiger partial charge < -0.3 is 10.2 Å². The highest BCUT2D eigenvalue weighted by atomic mass is 32.1. The second-order valence-electron chi connectivity index (χ2n) is 7.67. The minimum absolute atomic E-state index is 0.413. The zero-order valence-corrected chi connectivity index (χ0v) is 14.7. The molecule has 1 aliphatic heterocycles. The van der Waals surface area contributed by atoms with Crippen LogP contribution >= 0.6 is 11.3 Å². The van der Waals surface area contributed by atoms with Crippen LogP contribution in [0.15, 0.2) is 0 Å². The largest absolute Gasteiger partial charge is 0.348 e. The molecule has 1 saturated heterocycles. The number of hydrogen-bond donors (Lipinski definition) is 1. The maximum Gasteiger partial charge on any atom is 0.185 e. The fourth-order valence-corrected chi connectivity index (χ4v) is 4.22. The number of rotatable bonds is 5. The van der Waals surface area contributed by atoms with Gasteiger partial charge in [0.1, 0.15) is 0 Å². The first-order chi connectivity index (χ1) is 9.97. The highest BCUT2D eigenvalue weighted by molar-refractivity contribution is 7.15. The van der Waals surface area contributed by atoms with Crippen LogP contribution in [0.2, 0.25) is 0 Å². The van der Waals surface area contributed by atoms with E-state index in [1.54, 1.807) is 0 Å². The summed E-state index contributed by atoms with van der Waals surface area (Å²) in [5.41, 5.74) is 1.72. The summed E-state index contributed by atoms with van der Waals surface area (Å²) in [6, 6.07) is 0.775. The van der Waals surface area contributed by atoms with Gasteiger partial charge in [-0.2, -0.15) is 0 Å². The van der Waals surface area contributed by atoms with Gasteiger partial charge in [-0.05, 0) is 37.0 Å². The van der Waals surface area contributed by atoms with Crippen molar-refractivity contribution in [2.75, 3.05) is 18.0 Å². The fourth-order valence-electron chi connectivity index (χ4n) is 3.08. The molecule has 1 N–H and O–H groups in total. The Morgan fingerprint density at radius 2 is 2.05 bits per heavy atom. The van der Waals surface area contributed by atoms with E-state index in [1.807, 2.05) is 11.3 Å². The van der Waals surface area contributed by atoms with Crippen molar-refractivity contribution in [3.05, 3.63) is 10.6 Å². The topological polar surface area (TPSA) is 28.2 Å². The molecule has 118 valence electrons. The van der Waals surface area contributed by atoms with Crippen molar-refractivity contribution in [1.82, 2.24) is 10.3 Å². The van der Waals surface area contributed by atoms with Crippen molar-refractivity contribution in [3.63, 3.8) is 0 Å². The van der Waals surface area contributed by atoms with Crippen LogP contribution in [0.3, 0.4) is 0 Å². The van der Waals surface area contributed by atoms with Crippen molar-refractivity contribution in [1.29, 1.82) is 0 Å². The molecule has 3 nitrogen and oxygen atoms in total. The quantitative estimate of drug-likeness (QED) is 0.896. The number of hydrogen-bond acceptors (Lipinski definition) is 4. The molecule has 3 rings (SSSR count). The van der Waals surface area contributed by atoms with Crippen LogP contribution in [0, 0.1) is 11.3 Å². The number of aryl methyl sites for hydroxylation is 1. The second kappa shape index (κ2) is 5.88. The second-order valence-corrected chi connectivity index (χ2v) is 8.73. The summed E-state index contributed by atoms with van der Waals surface area (Å²) in [6.45, 7) is 12.7. The molecule has 2 heterocycles. The summed E-state index contributed by atoms with van der Waals surface area (Å²) < 4.78 is 0. The van der Waals surface area contributed by atoms with E-state index in [0.717, 1.165) is 24.9 Å². The molecule has 1 atom stereocenters. The average Bonchev–Trinajstić information content (AvgIpc) is 2.97. The third-order valence-electron chi connectivity index (χ3n) is 4.91. The van der Waals surface area contributed by atoms with E-state index < -0.39 is 0 Å². The molecule has 1 unspecified atom stereocenters. The third kappa shape index (κ3) is 3.59. The van der Waals surface area contributed by atoms with Crippen LogP contribution in [-0.2, 0) is 13.0 Å². The molecule has 1 aliphatic carbocycles. The Bertz CT molecular complexity index is 485. The number of nitrogens with one attached hydrogen (secondary N) is 1. The van der Waals surface area contributed by atoms with Gasteiger partial charge in [-0.25, -0.2) is 4.98 Å². The van der Waals surface area contributed by atoms with E-state index in [4.69, 9.17) is 4.98 Å². The monoisotopic (exact) mass is 307 g/mol. The molecule has 1 aromatic heterocycles. The zero-order valence-electron chi connectivity index (χ0n) is 13.9. The standard InChI is InChI=1S/C17H29N3S/c1-5-14-15(10-18-13-6-7-13)21-16(19-14)20-9-8-12(11-20)17(2,3)4/h12-13,18H,5-11H2,1-4H3. The van der Waals surface area contributed by atoms with Gasteiger partial charge in [-0.15, -0.1) is 11.3 Å². The van der Waals surface area contributed by atoms with Gasteiger partial charge >= 0.3 is 0 Å². The SMILES string of the molecule is CCc1nc(N2CCC(C(C)(C)C)C2)sc1CNC1CC1. The molecule has 2 fully saturated rings. The van der Waals surface area contributed by atoms with Crippen molar-refractivity contribution in [2.24, 2.45) is 11.3 Å². The summed E-state index contributed by atoms with van der Waals surface area (Å²) in [7, 11) is 0. The van der Waals surface area contributed by atoms with Crippen LogP contribution in [0.5, 0.6) is 0 Å². The molecule has 4 heteroatoms. The molecule has 21 heavy (non-hydrogen) atoms. The Morgan fingerprint density at radius 3 is 2.62 bits per heavy atom. The van der Waals surface area contributed by atoms with Gasteiger partial charge in [0.25, 0.3) is 0 Å². The first-order valence-corrected chi connectivity index (χ1v) is 9.26.